The fourth-order valence-electron chi connectivity index (χ4n) is 1.59. The Bertz CT molecular complexity index is 572. The number of nitriles is 1. The Hall–Kier alpha value is -2.08. The first-order chi connectivity index (χ1) is 8.20. The summed E-state index contributed by atoms with van der Waals surface area (Å²) in [6.45, 7) is 4.18. The number of hydrogen-bond acceptors (Lipinski definition) is 3. The molecule has 1 unspecified atom stereocenters. The standard InChI is InChI=1S/C14H14N2O/c1-10(8-15)9-17-13-5-3-4-12-7-6-11(2)16-14(12)13/h3-7,10H,9H2,1-2H3. The number of nitrogens with zero attached hydrogens (tertiary/aromatic N) is 2. The number of benzene rings is 1. The van der Waals surface area contributed by atoms with E-state index in [0.29, 0.717) is 6.61 Å². The molecule has 0 saturated carbocycles. The number of aryl methyl sites for hydroxylation is 1. The summed E-state index contributed by atoms with van der Waals surface area (Å²) in [6.07, 6.45) is 0. The zero-order valence-electron chi connectivity index (χ0n) is 9.97. The van der Waals surface area contributed by atoms with Gasteiger partial charge in [0.25, 0.3) is 0 Å². The SMILES string of the molecule is Cc1ccc2cccc(OCC(C)C#N)c2n1. The predicted octanol–water partition coefficient (Wildman–Crippen LogP) is 3.08. The number of rotatable bonds is 3. The summed E-state index contributed by atoms with van der Waals surface area (Å²) in [5.74, 6) is 0.628. The topological polar surface area (TPSA) is 45.9 Å². The summed E-state index contributed by atoms with van der Waals surface area (Å²) < 4.78 is 5.64. The van der Waals surface area contributed by atoms with E-state index in [2.05, 4.69) is 11.1 Å². The van der Waals surface area contributed by atoms with Crippen molar-refractivity contribution in [2.24, 2.45) is 5.92 Å². The summed E-state index contributed by atoms with van der Waals surface area (Å²) >= 11 is 0. The average Bonchev–Trinajstić information content (AvgIpc) is 2.35. The zero-order chi connectivity index (χ0) is 12.3. The Morgan fingerprint density at radius 3 is 2.94 bits per heavy atom. The number of pyridine rings is 1. The Kier molecular flexibility index (Phi) is 3.24. The molecule has 1 aromatic carbocycles. The normalized spacial score (nSPS) is 12.1. The molecule has 86 valence electrons. The lowest BCUT2D eigenvalue weighted by Crippen LogP contribution is -2.06. The minimum atomic E-state index is -0.116. The van der Waals surface area contributed by atoms with Crippen LogP contribution in [0, 0.1) is 24.2 Å². The monoisotopic (exact) mass is 226 g/mol. The Balaban J connectivity index is 2.34. The van der Waals surface area contributed by atoms with E-state index in [1.807, 2.05) is 44.2 Å². The van der Waals surface area contributed by atoms with Gasteiger partial charge >= 0.3 is 0 Å². The molecule has 0 fully saturated rings. The van der Waals surface area contributed by atoms with Gasteiger partial charge in [-0.25, -0.2) is 4.98 Å². The molecule has 0 aliphatic rings. The smallest absolute Gasteiger partial charge is 0.145 e. The lowest BCUT2D eigenvalue weighted by Gasteiger charge is -2.09. The van der Waals surface area contributed by atoms with E-state index in [9.17, 15) is 0 Å². The lowest BCUT2D eigenvalue weighted by atomic mass is 10.2. The van der Waals surface area contributed by atoms with Crippen molar-refractivity contribution in [3.8, 4) is 11.8 Å². The summed E-state index contributed by atoms with van der Waals surface area (Å²) in [5.41, 5.74) is 1.82. The van der Waals surface area contributed by atoms with Crippen molar-refractivity contribution in [2.75, 3.05) is 6.61 Å². The second-order valence-corrected chi connectivity index (χ2v) is 4.12. The molecule has 3 heteroatoms. The molecule has 0 amide bonds. The van der Waals surface area contributed by atoms with E-state index in [1.54, 1.807) is 0 Å². The van der Waals surface area contributed by atoms with Crippen molar-refractivity contribution < 1.29 is 4.74 Å². The minimum Gasteiger partial charge on any atom is -0.490 e. The van der Waals surface area contributed by atoms with Gasteiger partial charge in [-0.1, -0.05) is 18.2 Å². The van der Waals surface area contributed by atoms with Gasteiger partial charge in [-0.3, -0.25) is 0 Å². The first-order valence-corrected chi connectivity index (χ1v) is 5.59. The van der Waals surface area contributed by atoms with E-state index in [1.165, 1.54) is 0 Å². The fourth-order valence-corrected chi connectivity index (χ4v) is 1.59. The number of para-hydroxylation sites is 1. The van der Waals surface area contributed by atoms with Crippen LogP contribution in [0.25, 0.3) is 10.9 Å². The first-order valence-electron chi connectivity index (χ1n) is 5.59. The van der Waals surface area contributed by atoms with Crippen LogP contribution in [0.3, 0.4) is 0 Å². The largest absolute Gasteiger partial charge is 0.490 e. The van der Waals surface area contributed by atoms with Crippen molar-refractivity contribution in [2.45, 2.75) is 13.8 Å². The third-order valence-electron chi connectivity index (χ3n) is 2.53. The Morgan fingerprint density at radius 2 is 2.18 bits per heavy atom. The van der Waals surface area contributed by atoms with E-state index in [4.69, 9.17) is 10.00 Å². The van der Waals surface area contributed by atoms with Gasteiger partial charge in [0.1, 0.15) is 17.9 Å². The number of hydrogen-bond donors (Lipinski definition) is 0. The lowest BCUT2D eigenvalue weighted by molar-refractivity contribution is 0.291. The first kappa shape index (κ1) is 11.4. The van der Waals surface area contributed by atoms with Gasteiger partial charge in [0.05, 0.1) is 12.0 Å². The van der Waals surface area contributed by atoms with Crippen molar-refractivity contribution in [1.29, 1.82) is 5.26 Å². The van der Waals surface area contributed by atoms with Crippen LogP contribution in [0.5, 0.6) is 5.75 Å². The molecular weight excluding hydrogens is 212 g/mol. The second kappa shape index (κ2) is 4.84. The van der Waals surface area contributed by atoms with Crippen LogP contribution in [-0.4, -0.2) is 11.6 Å². The van der Waals surface area contributed by atoms with Crippen molar-refractivity contribution in [3.05, 3.63) is 36.0 Å². The molecule has 17 heavy (non-hydrogen) atoms. The minimum absolute atomic E-state index is 0.116. The molecule has 0 radical (unpaired) electrons. The number of aromatic nitrogens is 1. The molecule has 3 nitrogen and oxygen atoms in total. The molecule has 0 aliphatic heterocycles. The maximum atomic E-state index is 8.72. The van der Waals surface area contributed by atoms with Gasteiger partial charge in [-0.05, 0) is 26.0 Å². The molecule has 2 aromatic rings. The highest BCUT2D eigenvalue weighted by molar-refractivity contribution is 5.84. The molecule has 0 aliphatic carbocycles. The average molecular weight is 226 g/mol. The third kappa shape index (κ3) is 2.54. The molecule has 0 bridgehead atoms. The van der Waals surface area contributed by atoms with Crippen molar-refractivity contribution in [3.63, 3.8) is 0 Å². The maximum Gasteiger partial charge on any atom is 0.145 e. The summed E-state index contributed by atoms with van der Waals surface area (Å²) in [5, 5.41) is 9.78. The van der Waals surface area contributed by atoms with E-state index < -0.39 is 0 Å². The maximum absolute atomic E-state index is 8.72. The van der Waals surface area contributed by atoms with E-state index in [-0.39, 0.29) is 5.92 Å². The molecular formula is C14H14N2O. The molecule has 0 spiro atoms. The van der Waals surface area contributed by atoms with Crippen molar-refractivity contribution >= 4 is 10.9 Å². The van der Waals surface area contributed by atoms with E-state index >= 15 is 0 Å². The van der Waals surface area contributed by atoms with Gasteiger partial charge < -0.3 is 4.74 Å². The molecule has 0 saturated heterocycles. The molecule has 1 heterocycles. The summed E-state index contributed by atoms with van der Waals surface area (Å²) in [6, 6.07) is 12.0. The highest BCUT2D eigenvalue weighted by Crippen LogP contribution is 2.24. The third-order valence-corrected chi connectivity index (χ3v) is 2.53. The van der Waals surface area contributed by atoms with Gasteiger partial charge in [0, 0.05) is 11.1 Å². The van der Waals surface area contributed by atoms with Crippen LogP contribution in [0.1, 0.15) is 12.6 Å². The Labute approximate surface area is 101 Å². The quantitative estimate of drug-likeness (QED) is 0.807. The van der Waals surface area contributed by atoms with Crippen LogP contribution < -0.4 is 4.74 Å². The fraction of sp³-hybridized carbons (Fsp3) is 0.286. The molecule has 2 rings (SSSR count). The van der Waals surface area contributed by atoms with E-state index in [0.717, 1.165) is 22.3 Å². The molecule has 1 atom stereocenters. The van der Waals surface area contributed by atoms with Gasteiger partial charge in [-0.15, -0.1) is 0 Å². The summed E-state index contributed by atoms with van der Waals surface area (Å²) in [4.78, 5) is 4.47. The van der Waals surface area contributed by atoms with Crippen LogP contribution in [0.4, 0.5) is 0 Å². The van der Waals surface area contributed by atoms with Crippen LogP contribution in [-0.2, 0) is 0 Å². The van der Waals surface area contributed by atoms with Gasteiger partial charge in [0.2, 0.25) is 0 Å². The van der Waals surface area contributed by atoms with Gasteiger partial charge in [-0.2, -0.15) is 5.26 Å². The highest BCUT2D eigenvalue weighted by Gasteiger charge is 2.06. The highest BCUT2D eigenvalue weighted by atomic mass is 16.5. The van der Waals surface area contributed by atoms with Crippen LogP contribution in [0.2, 0.25) is 0 Å². The van der Waals surface area contributed by atoms with Crippen LogP contribution in [0.15, 0.2) is 30.3 Å². The predicted molar refractivity (Wildman–Crippen MR) is 66.8 cm³/mol. The Morgan fingerprint density at radius 1 is 1.35 bits per heavy atom. The summed E-state index contributed by atoms with van der Waals surface area (Å²) in [7, 11) is 0. The number of fused-ring (bicyclic) bond motifs is 1. The molecule has 1 aromatic heterocycles. The van der Waals surface area contributed by atoms with Crippen LogP contribution >= 0.6 is 0 Å². The number of ether oxygens (including phenoxy) is 1. The zero-order valence-corrected chi connectivity index (χ0v) is 9.97. The van der Waals surface area contributed by atoms with Gasteiger partial charge in [0.15, 0.2) is 0 Å². The second-order valence-electron chi connectivity index (χ2n) is 4.12. The van der Waals surface area contributed by atoms with Crippen molar-refractivity contribution in [1.82, 2.24) is 4.98 Å². The molecule has 0 N–H and O–H groups in total.